The second-order valence-electron chi connectivity index (χ2n) is 7.74. The number of amides is 1. The first-order valence-corrected chi connectivity index (χ1v) is 10.2. The Morgan fingerprint density at radius 2 is 1.84 bits per heavy atom. The minimum Gasteiger partial charge on any atom is -0.497 e. The lowest BCUT2D eigenvalue weighted by molar-refractivity contribution is -0.274. The number of carbonyl (C=O) groups is 1. The van der Waals surface area contributed by atoms with Crippen molar-refractivity contribution in [2.75, 3.05) is 20.2 Å². The van der Waals surface area contributed by atoms with Crippen LogP contribution in [0.25, 0.3) is 10.9 Å². The molecule has 2 heterocycles. The molecule has 0 bridgehead atoms. The zero-order chi connectivity index (χ0) is 22.9. The van der Waals surface area contributed by atoms with Gasteiger partial charge in [-0.05, 0) is 55.7 Å². The van der Waals surface area contributed by atoms with Crippen molar-refractivity contribution < 1.29 is 27.4 Å². The summed E-state index contributed by atoms with van der Waals surface area (Å²) in [4.78, 5) is 23.5. The summed E-state index contributed by atoms with van der Waals surface area (Å²) in [6.07, 6.45) is -1.76. The summed E-state index contributed by atoms with van der Waals surface area (Å²) in [6.45, 7) is 2.55. The molecule has 0 aliphatic carbocycles. The third-order valence-corrected chi connectivity index (χ3v) is 5.69. The molecule has 4 rings (SSSR count). The van der Waals surface area contributed by atoms with Crippen molar-refractivity contribution in [3.63, 3.8) is 0 Å². The zero-order valence-corrected chi connectivity index (χ0v) is 17.6. The normalized spacial score (nSPS) is 15.1. The molecule has 1 aliphatic rings. The van der Waals surface area contributed by atoms with E-state index in [1.807, 2.05) is 18.2 Å². The lowest BCUT2D eigenvalue weighted by Gasteiger charge is -2.32. The topological polar surface area (TPSA) is 64.5 Å². The molecule has 1 amide bonds. The molecule has 0 radical (unpaired) electrons. The average molecular weight is 445 g/mol. The Balaban J connectivity index is 1.45. The Bertz CT molecular complexity index is 1140. The van der Waals surface area contributed by atoms with Crippen LogP contribution in [-0.2, 0) is 0 Å². The number of benzene rings is 2. The number of hydrogen-bond donors (Lipinski definition) is 0. The van der Waals surface area contributed by atoms with Crippen molar-refractivity contribution in [3.05, 3.63) is 59.5 Å². The van der Waals surface area contributed by atoms with Gasteiger partial charge in [0.25, 0.3) is 5.91 Å². The summed E-state index contributed by atoms with van der Waals surface area (Å²) in [5.74, 6) is 0.397. The highest BCUT2D eigenvalue weighted by Gasteiger charge is 2.32. The van der Waals surface area contributed by atoms with E-state index in [0.29, 0.717) is 18.7 Å². The van der Waals surface area contributed by atoms with Crippen LogP contribution in [0.15, 0.2) is 42.7 Å². The van der Waals surface area contributed by atoms with Crippen LogP contribution in [0.5, 0.6) is 11.5 Å². The first-order chi connectivity index (χ1) is 15.2. The summed E-state index contributed by atoms with van der Waals surface area (Å²) in [6, 6.07) is 9.68. The molecule has 0 atom stereocenters. The van der Waals surface area contributed by atoms with Crippen molar-refractivity contribution in [3.8, 4) is 11.5 Å². The number of alkyl halides is 3. The molecule has 0 saturated carbocycles. The molecule has 9 heteroatoms. The number of hydrogen-bond acceptors (Lipinski definition) is 5. The highest BCUT2D eigenvalue weighted by molar-refractivity contribution is 5.94. The smallest absolute Gasteiger partial charge is 0.497 e. The van der Waals surface area contributed by atoms with E-state index < -0.39 is 6.36 Å². The van der Waals surface area contributed by atoms with Crippen LogP contribution in [0.3, 0.4) is 0 Å². The average Bonchev–Trinajstić information content (AvgIpc) is 2.78. The molecule has 1 saturated heterocycles. The number of halogens is 3. The molecule has 0 spiro atoms. The number of methoxy groups -OCH3 is 1. The fourth-order valence-electron chi connectivity index (χ4n) is 4.07. The van der Waals surface area contributed by atoms with Gasteiger partial charge in [0.05, 0.1) is 18.3 Å². The molecule has 0 unspecified atom stereocenters. The van der Waals surface area contributed by atoms with E-state index in [0.717, 1.165) is 35.2 Å². The fraction of sp³-hybridized carbons (Fsp3) is 0.348. The van der Waals surface area contributed by atoms with E-state index >= 15 is 0 Å². The maximum absolute atomic E-state index is 12.9. The number of carbonyl (C=O) groups excluding carboxylic acids is 1. The predicted octanol–water partition coefficient (Wildman–Crippen LogP) is 4.87. The largest absolute Gasteiger partial charge is 0.573 e. The zero-order valence-electron chi connectivity index (χ0n) is 17.6. The maximum Gasteiger partial charge on any atom is 0.573 e. The summed E-state index contributed by atoms with van der Waals surface area (Å²) >= 11 is 0. The van der Waals surface area contributed by atoms with Crippen molar-refractivity contribution in [1.29, 1.82) is 0 Å². The molecular weight excluding hydrogens is 423 g/mol. The Morgan fingerprint density at radius 1 is 1.09 bits per heavy atom. The van der Waals surface area contributed by atoms with Crippen LogP contribution in [0.2, 0.25) is 0 Å². The van der Waals surface area contributed by atoms with E-state index in [1.54, 1.807) is 18.3 Å². The van der Waals surface area contributed by atoms with Crippen LogP contribution in [0, 0.1) is 6.92 Å². The first-order valence-electron chi connectivity index (χ1n) is 10.2. The van der Waals surface area contributed by atoms with Crippen LogP contribution in [0.1, 0.15) is 40.4 Å². The number of nitrogens with zero attached hydrogens (tertiary/aromatic N) is 3. The number of ether oxygens (including phenoxy) is 2. The molecule has 0 N–H and O–H groups in total. The van der Waals surface area contributed by atoms with E-state index in [4.69, 9.17) is 4.74 Å². The lowest BCUT2D eigenvalue weighted by Crippen LogP contribution is -2.38. The fourth-order valence-corrected chi connectivity index (χ4v) is 4.07. The van der Waals surface area contributed by atoms with E-state index in [2.05, 4.69) is 14.7 Å². The summed E-state index contributed by atoms with van der Waals surface area (Å²) in [5.41, 5.74) is 2.36. The van der Waals surface area contributed by atoms with Gasteiger partial charge in [-0.15, -0.1) is 13.2 Å². The number of fused-ring (bicyclic) bond motifs is 1. The number of rotatable bonds is 4. The van der Waals surface area contributed by atoms with Gasteiger partial charge < -0.3 is 14.4 Å². The molecule has 1 aliphatic heterocycles. The first kappa shape index (κ1) is 21.9. The number of likely N-dealkylation sites (tertiary alicyclic amines) is 1. The summed E-state index contributed by atoms with van der Waals surface area (Å²) in [7, 11) is 1.61. The Kier molecular flexibility index (Phi) is 5.90. The van der Waals surface area contributed by atoms with Gasteiger partial charge in [-0.2, -0.15) is 0 Å². The molecule has 3 aromatic rings. The number of piperidine rings is 1. The van der Waals surface area contributed by atoms with Gasteiger partial charge in [0, 0.05) is 36.0 Å². The highest BCUT2D eigenvalue weighted by atomic mass is 19.4. The van der Waals surface area contributed by atoms with Gasteiger partial charge in [0.15, 0.2) is 0 Å². The van der Waals surface area contributed by atoms with Crippen LogP contribution in [0.4, 0.5) is 13.2 Å². The highest BCUT2D eigenvalue weighted by Crippen LogP contribution is 2.33. The van der Waals surface area contributed by atoms with Crippen LogP contribution in [-0.4, -0.2) is 47.3 Å². The summed E-state index contributed by atoms with van der Waals surface area (Å²) < 4.78 is 46.7. The second kappa shape index (κ2) is 8.64. The van der Waals surface area contributed by atoms with Gasteiger partial charge in [-0.25, -0.2) is 9.97 Å². The molecular formula is C23H22F3N3O3. The standard InChI is InChI=1S/C23H22F3N3O3/c1-14-11-16(3-6-20(14)32-23(24,25)26)22(30)29-9-7-15(8-10-29)21-18-5-4-17(31-2)12-19(18)27-13-28-21/h3-6,11-13,15H,7-10H2,1-2H3. The molecule has 1 aromatic heterocycles. The van der Waals surface area contributed by atoms with Gasteiger partial charge >= 0.3 is 6.36 Å². The van der Waals surface area contributed by atoms with E-state index in [9.17, 15) is 18.0 Å². The number of aromatic nitrogens is 2. The van der Waals surface area contributed by atoms with Crippen molar-refractivity contribution in [2.45, 2.75) is 32.0 Å². The van der Waals surface area contributed by atoms with Gasteiger partial charge in [0.2, 0.25) is 0 Å². The van der Waals surface area contributed by atoms with Gasteiger partial charge in [-0.1, -0.05) is 0 Å². The van der Waals surface area contributed by atoms with E-state index in [-0.39, 0.29) is 23.1 Å². The molecule has 6 nitrogen and oxygen atoms in total. The minimum atomic E-state index is -4.77. The minimum absolute atomic E-state index is 0.183. The third kappa shape index (κ3) is 4.61. The Hall–Kier alpha value is -3.36. The monoisotopic (exact) mass is 445 g/mol. The van der Waals surface area contributed by atoms with Crippen molar-refractivity contribution >= 4 is 16.8 Å². The molecule has 32 heavy (non-hydrogen) atoms. The Labute approximate surface area is 183 Å². The number of aryl methyl sites for hydroxylation is 1. The lowest BCUT2D eigenvalue weighted by atomic mass is 9.90. The SMILES string of the molecule is COc1ccc2c(C3CCN(C(=O)c4ccc(OC(F)(F)F)c(C)c4)CC3)ncnc2c1. The Morgan fingerprint density at radius 3 is 2.50 bits per heavy atom. The van der Waals surface area contributed by atoms with Crippen molar-refractivity contribution in [1.82, 2.24) is 14.9 Å². The predicted molar refractivity (Wildman–Crippen MR) is 112 cm³/mol. The maximum atomic E-state index is 12.9. The van der Waals surface area contributed by atoms with E-state index in [1.165, 1.54) is 25.1 Å². The van der Waals surface area contributed by atoms with Crippen LogP contribution < -0.4 is 9.47 Å². The molecule has 1 fully saturated rings. The second-order valence-corrected chi connectivity index (χ2v) is 7.74. The molecule has 2 aromatic carbocycles. The summed E-state index contributed by atoms with van der Waals surface area (Å²) in [5, 5.41) is 0.967. The van der Waals surface area contributed by atoms with Crippen molar-refractivity contribution in [2.24, 2.45) is 0 Å². The van der Waals surface area contributed by atoms with Gasteiger partial charge in [0.1, 0.15) is 17.8 Å². The van der Waals surface area contributed by atoms with Gasteiger partial charge in [-0.3, -0.25) is 4.79 Å². The van der Waals surface area contributed by atoms with Crippen LogP contribution >= 0.6 is 0 Å². The third-order valence-electron chi connectivity index (χ3n) is 5.69. The quantitative estimate of drug-likeness (QED) is 0.574. The molecule has 168 valence electrons.